The number of anilines is 1. The number of fused-ring (bicyclic) bond motifs is 2. The number of nitrogens with zero attached hydrogens (tertiary/aromatic N) is 3. The van der Waals surface area contributed by atoms with Crippen LogP contribution in [0.3, 0.4) is 0 Å². The molecule has 2 heterocycles. The Morgan fingerprint density at radius 1 is 1.16 bits per heavy atom. The molecule has 0 radical (unpaired) electrons. The van der Waals surface area contributed by atoms with E-state index < -0.39 is 0 Å². The van der Waals surface area contributed by atoms with Crippen molar-refractivity contribution < 1.29 is 14.3 Å². The van der Waals surface area contributed by atoms with Crippen LogP contribution in [0.2, 0.25) is 0 Å². The van der Waals surface area contributed by atoms with Gasteiger partial charge in [0.25, 0.3) is 0 Å². The van der Waals surface area contributed by atoms with E-state index in [-0.39, 0.29) is 5.78 Å². The largest absolute Gasteiger partial charge is 0.493 e. The number of H-pyrrole nitrogens is 1. The van der Waals surface area contributed by atoms with Gasteiger partial charge in [-0.15, -0.1) is 0 Å². The van der Waals surface area contributed by atoms with Crippen molar-refractivity contribution in [2.24, 2.45) is 0 Å². The van der Waals surface area contributed by atoms with Crippen molar-refractivity contribution in [3.63, 3.8) is 0 Å². The number of methoxy groups -OCH3 is 2. The summed E-state index contributed by atoms with van der Waals surface area (Å²) >= 11 is 0. The zero-order valence-electron chi connectivity index (χ0n) is 17.4. The fraction of sp³-hybridized carbons (Fsp3) is 0.174. The molecule has 8 nitrogen and oxygen atoms in total. The summed E-state index contributed by atoms with van der Waals surface area (Å²) in [6.45, 7) is 1.90. The van der Waals surface area contributed by atoms with E-state index in [1.165, 1.54) is 6.20 Å². The van der Waals surface area contributed by atoms with E-state index in [2.05, 4.69) is 15.1 Å². The zero-order chi connectivity index (χ0) is 21.7. The zero-order valence-corrected chi connectivity index (χ0v) is 17.4. The highest BCUT2D eigenvalue weighted by molar-refractivity contribution is 6.15. The molecule has 31 heavy (non-hydrogen) atoms. The van der Waals surface area contributed by atoms with Crippen LogP contribution >= 0.6 is 0 Å². The van der Waals surface area contributed by atoms with Crippen molar-refractivity contribution in [2.75, 3.05) is 20.0 Å². The van der Waals surface area contributed by atoms with Crippen molar-refractivity contribution in [1.29, 1.82) is 0 Å². The number of ether oxygens (including phenoxy) is 2. The number of aromatic nitrogens is 4. The topological polar surface area (TPSA) is 108 Å². The maximum absolute atomic E-state index is 13.2. The number of hydrogen-bond donors (Lipinski definition) is 2. The Labute approximate surface area is 178 Å². The molecule has 0 atom stereocenters. The number of rotatable bonds is 5. The summed E-state index contributed by atoms with van der Waals surface area (Å²) < 4.78 is 12.3. The predicted octanol–water partition coefficient (Wildman–Crippen LogP) is 3.48. The summed E-state index contributed by atoms with van der Waals surface area (Å²) in [6.07, 6.45) is 3.89. The molecule has 5 rings (SSSR count). The van der Waals surface area contributed by atoms with E-state index in [9.17, 15) is 4.79 Å². The molecular formula is C23H21N5O3. The number of allylic oxidation sites excluding steroid dienone is 1. The van der Waals surface area contributed by atoms with Crippen LogP contribution in [0.5, 0.6) is 11.5 Å². The van der Waals surface area contributed by atoms with Crippen LogP contribution in [0.15, 0.2) is 42.1 Å². The van der Waals surface area contributed by atoms with Crippen molar-refractivity contribution in [1.82, 2.24) is 19.7 Å². The lowest BCUT2D eigenvalue weighted by atomic mass is 10.0. The summed E-state index contributed by atoms with van der Waals surface area (Å²) in [5.41, 5.74) is 11.8. The second-order valence-electron chi connectivity index (χ2n) is 7.46. The summed E-state index contributed by atoms with van der Waals surface area (Å²) in [5.74, 6) is 2.25. The van der Waals surface area contributed by atoms with E-state index in [1.54, 1.807) is 18.9 Å². The maximum Gasteiger partial charge on any atom is 0.194 e. The number of Topliss-reactive ketones (excluding diaryl/α,β-unsaturated/α-hetero) is 1. The average molecular weight is 415 g/mol. The Morgan fingerprint density at radius 2 is 1.94 bits per heavy atom. The van der Waals surface area contributed by atoms with Crippen LogP contribution in [0, 0.1) is 6.92 Å². The monoisotopic (exact) mass is 415 g/mol. The Kier molecular flexibility index (Phi) is 4.28. The molecule has 1 aliphatic carbocycles. The van der Waals surface area contributed by atoms with Gasteiger partial charge >= 0.3 is 0 Å². The molecule has 2 aromatic heterocycles. The first-order valence-corrected chi connectivity index (χ1v) is 9.79. The summed E-state index contributed by atoms with van der Waals surface area (Å²) in [5, 5.41) is 4.37. The summed E-state index contributed by atoms with van der Waals surface area (Å²) in [6, 6.07) is 9.47. The third-order valence-electron chi connectivity index (χ3n) is 5.53. The minimum atomic E-state index is -0.142. The van der Waals surface area contributed by atoms with E-state index in [4.69, 9.17) is 15.2 Å². The number of aromatic amines is 1. The summed E-state index contributed by atoms with van der Waals surface area (Å²) in [7, 11) is 3.18. The number of carbonyl (C=O) groups is 1. The van der Waals surface area contributed by atoms with Crippen LogP contribution in [0.1, 0.15) is 27.3 Å². The van der Waals surface area contributed by atoms with Gasteiger partial charge in [0.2, 0.25) is 0 Å². The van der Waals surface area contributed by atoms with Gasteiger partial charge in [-0.3, -0.25) is 4.79 Å². The number of carbonyl (C=O) groups excluding carboxylic acids is 1. The molecule has 1 aliphatic rings. The molecule has 0 saturated heterocycles. The van der Waals surface area contributed by atoms with Crippen LogP contribution < -0.4 is 15.2 Å². The molecule has 0 fully saturated rings. The quantitative estimate of drug-likeness (QED) is 0.483. The number of nitrogens with two attached hydrogens (primary N) is 1. The van der Waals surface area contributed by atoms with Gasteiger partial charge in [-0.25, -0.2) is 9.67 Å². The smallest absolute Gasteiger partial charge is 0.194 e. The lowest BCUT2D eigenvalue weighted by molar-refractivity contribution is 0.103. The number of nitrogens with one attached hydrogen (secondary N) is 1. The highest BCUT2D eigenvalue weighted by Gasteiger charge is 2.25. The molecule has 0 amide bonds. The second-order valence-corrected chi connectivity index (χ2v) is 7.46. The second kappa shape index (κ2) is 7.02. The summed E-state index contributed by atoms with van der Waals surface area (Å²) in [4.78, 5) is 20.8. The number of hydrogen-bond acceptors (Lipinski definition) is 6. The van der Waals surface area contributed by atoms with Gasteiger partial charge in [-0.2, -0.15) is 5.10 Å². The highest BCUT2D eigenvalue weighted by Crippen LogP contribution is 2.37. The van der Waals surface area contributed by atoms with Gasteiger partial charge < -0.3 is 20.2 Å². The number of aryl methyl sites for hydroxylation is 1. The van der Waals surface area contributed by atoms with Gasteiger partial charge in [-0.1, -0.05) is 0 Å². The van der Waals surface area contributed by atoms with Crippen LogP contribution in [0.4, 0.5) is 5.82 Å². The van der Waals surface area contributed by atoms with Gasteiger partial charge in [0.15, 0.2) is 17.3 Å². The number of ketones is 1. The number of benzene rings is 2. The predicted molar refractivity (Wildman–Crippen MR) is 118 cm³/mol. The normalized spacial score (nSPS) is 12.7. The Bertz CT molecular complexity index is 1380. The first-order valence-electron chi connectivity index (χ1n) is 9.79. The van der Waals surface area contributed by atoms with E-state index >= 15 is 0 Å². The third-order valence-corrected chi connectivity index (χ3v) is 5.53. The number of imidazole rings is 1. The minimum absolute atomic E-state index is 0.142. The molecule has 2 aromatic carbocycles. The Hall–Kier alpha value is -4.07. The Morgan fingerprint density at radius 3 is 2.71 bits per heavy atom. The Balaban J connectivity index is 1.47. The molecular weight excluding hydrogens is 394 g/mol. The molecule has 0 bridgehead atoms. The average Bonchev–Trinajstić information content (AvgIpc) is 3.46. The standard InChI is InChI=1S/C23H21N5O3/c1-12-26-18-5-4-16(10-19(18)27-12)28-23(24)17(11-25-28)22(29)15-6-13-8-20(30-2)21(31-3)9-14(13)7-15/h4-6,8-11H,7,24H2,1-3H3,(H,26,27). The molecule has 0 saturated carbocycles. The van der Waals surface area contributed by atoms with Gasteiger partial charge in [0, 0.05) is 12.0 Å². The van der Waals surface area contributed by atoms with Crippen LogP contribution in [0.25, 0.3) is 22.8 Å². The molecule has 0 unspecified atom stereocenters. The van der Waals surface area contributed by atoms with E-state index in [1.807, 2.05) is 43.3 Å². The van der Waals surface area contributed by atoms with Crippen molar-refractivity contribution in [3.8, 4) is 17.2 Å². The lowest BCUT2D eigenvalue weighted by Gasteiger charge is -2.09. The highest BCUT2D eigenvalue weighted by atomic mass is 16.5. The maximum atomic E-state index is 13.2. The number of nitrogen functional groups attached to an aromatic ring is 1. The van der Waals surface area contributed by atoms with Crippen LogP contribution in [-0.4, -0.2) is 39.8 Å². The SMILES string of the molecule is COc1cc2c(cc1OC)CC(C(=O)c1cnn(-c3ccc4nc(C)[nH]c4c3)c1N)=C2. The first-order chi connectivity index (χ1) is 15.0. The van der Waals surface area contributed by atoms with Gasteiger partial charge in [-0.05, 0) is 54.5 Å². The molecule has 4 aromatic rings. The van der Waals surface area contributed by atoms with Gasteiger partial charge in [0.1, 0.15) is 11.6 Å². The molecule has 156 valence electrons. The molecule has 8 heteroatoms. The minimum Gasteiger partial charge on any atom is -0.493 e. The molecule has 3 N–H and O–H groups in total. The van der Waals surface area contributed by atoms with E-state index in [0.717, 1.165) is 33.7 Å². The van der Waals surface area contributed by atoms with Crippen LogP contribution in [-0.2, 0) is 6.42 Å². The van der Waals surface area contributed by atoms with Gasteiger partial charge in [0.05, 0.1) is 42.7 Å². The molecule has 0 aliphatic heterocycles. The molecule has 0 spiro atoms. The first kappa shape index (κ1) is 18.9. The van der Waals surface area contributed by atoms with Crippen molar-refractivity contribution >= 4 is 28.7 Å². The fourth-order valence-corrected chi connectivity index (χ4v) is 3.98. The lowest BCUT2D eigenvalue weighted by Crippen LogP contribution is -2.08. The fourth-order valence-electron chi connectivity index (χ4n) is 3.98. The third kappa shape index (κ3) is 3.04. The van der Waals surface area contributed by atoms with Crippen molar-refractivity contribution in [3.05, 3.63) is 64.6 Å². The van der Waals surface area contributed by atoms with E-state index in [0.29, 0.717) is 34.9 Å². The van der Waals surface area contributed by atoms with Crippen molar-refractivity contribution in [2.45, 2.75) is 13.3 Å².